The van der Waals surface area contributed by atoms with E-state index in [1.54, 1.807) is 60.7 Å². The van der Waals surface area contributed by atoms with Gasteiger partial charge in [0, 0.05) is 16.7 Å². The Labute approximate surface area is 196 Å². The van der Waals surface area contributed by atoms with E-state index >= 15 is 0 Å². The summed E-state index contributed by atoms with van der Waals surface area (Å²) < 4.78 is 5.87. The van der Waals surface area contributed by atoms with Crippen molar-refractivity contribution in [3.63, 3.8) is 0 Å². The van der Waals surface area contributed by atoms with Crippen molar-refractivity contribution in [3.05, 3.63) is 101 Å². The number of rotatable bonds is 10. The topological polar surface area (TPSA) is 175 Å². The Bertz CT molecular complexity index is 1210. The molecule has 0 radical (unpaired) electrons. The molecule has 8 N–H and O–H groups in total. The van der Waals surface area contributed by atoms with Gasteiger partial charge in [-0.25, -0.2) is 4.79 Å². The lowest BCUT2D eigenvalue weighted by Gasteiger charge is -2.20. The fourth-order valence-electron chi connectivity index (χ4n) is 3.24. The summed E-state index contributed by atoms with van der Waals surface area (Å²) in [6.07, 6.45) is 0.392. The van der Waals surface area contributed by atoms with Gasteiger partial charge in [-0.1, -0.05) is 36.4 Å². The number of benzene rings is 3. The van der Waals surface area contributed by atoms with Crippen LogP contribution in [0.4, 0.5) is 0 Å². The number of nitrogen functional groups attached to an aromatic ring is 2. The maximum atomic E-state index is 12.9. The minimum absolute atomic E-state index is 0.0807. The molecule has 0 heterocycles. The Morgan fingerprint density at radius 3 is 2.03 bits per heavy atom. The van der Waals surface area contributed by atoms with Gasteiger partial charge in [0.05, 0.1) is 11.6 Å². The molecular formula is C25H25N5O4. The van der Waals surface area contributed by atoms with Crippen LogP contribution in [0.3, 0.4) is 0 Å². The quantitative estimate of drug-likeness (QED) is 0.200. The average molecular weight is 460 g/mol. The Hall–Kier alpha value is -4.66. The zero-order valence-electron chi connectivity index (χ0n) is 18.2. The maximum absolute atomic E-state index is 12.9. The van der Waals surface area contributed by atoms with E-state index in [0.29, 0.717) is 28.9 Å². The van der Waals surface area contributed by atoms with Gasteiger partial charge in [-0.05, 0) is 48.4 Å². The molecule has 3 rings (SSSR count). The Kier molecular flexibility index (Phi) is 7.60. The number of carboxylic acids is 1. The molecule has 3 aromatic rings. The number of amides is 1. The van der Waals surface area contributed by atoms with E-state index in [1.807, 2.05) is 0 Å². The fourth-order valence-corrected chi connectivity index (χ4v) is 3.24. The molecule has 0 unspecified atom stereocenters. The summed E-state index contributed by atoms with van der Waals surface area (Å²) in [5, 5.41) is 27.1. The number of aromatic carboxylic acids is 1. The summed E-state index contributed by atoms with van der Waals surface area (Å²) >= 11 is 0. The number of hydrogen-bond acceptors (Lipinski definition) is 5. The van der Waals surface area contributed by atoms with Crippen LogP contribution < -0.4 is 21.5 Å². The molecule has 0 fully saturated rings. The minimum atomic E-state index is -1.01. The summed E-state index contributed by atoms with van der Waals surface area (Å²) in [7, 11) is 0. The molecule has 0 bridgehead atoms. The van der Waals surface area contributed by atoms with Crippen LogP contribution in [0.25, 0.3) is 0 Å². The van der Waals surface area contributed by atoms with Crippen LogP contribution in [-0.4, -0.2) is 41.3 Å². The molecular weight excluding hydrogens is 434 g/mol. The van der Waals surface area contributed by atoms with Crippen LogP contribution in [0.5, 0.6) is 5.75 Å². The van der Waals surface area contributed by atoms with E-state index in [9.17, 15) is 9.59 Å². The zero-order valence-corrected chi connectivity index (χ0v) is 18.2. The van der Waals surface area contributed by atoms with Crippen LogP contribution in [-0.2, 0) is 6.42 Å². The largest absolute Gasteiger partial charge is 0.491 e. The number of carboxylic acid groups (broad SMARTS) is 1. The number of hydrogen-bond donors (Lipinski definition) is 6. The van der Waals surface area contributed by atoms with Gasteiger partial charge in [0.25, 0.3) is 5.91 Å². The summed E-state index contributed by atoms with van der Waals surface area (Å²) in [6.45, 7) is 0.124. The van der Waals surface area contributed by atoms with Crippen molar-refractivity contribution in [2.24, 2.45) is 11.5 Å². The number of nitrogens with two attached hydrogens (primary N) is 2. The van der Waals surface area contributed by atoms with E-state index in [4.69, 9.17) is 32.1 Å². The standard InChI is InChI=1S/C25H25N5O4/c26-22(27)16-8-10-17(11-9-16)24(31)30-20(12-15-4-6-18(7-5-15)25(32)33)14-34-21-3-1-2-19(13-21)23(28)29/h1-11,13,20H,12,14H2,(H3,26,27)(H3,28,29)(H,30,31)(H,32,33)/t20-/m1/s1. The first-order valence-corrected chi connectivity index (χ1v) is 10.4. The highest BCUT2D eigenvalue weighted by Gasteiger charge is 2.17. The molecule has 1 amide bonds. The number of amidine groups is 2. The molecule has 174 valence electrons. The lowest BCUT2D eigenvalue weighted by atomic mass is 10.0. The van der Waals surface area contributed by atoms with E-state index < -0.39 is 12.0 Å². The summed E-state index contributed by atoms with van der Waals surface area (Å²) in [5.74, 6) is -1.01. The lowest BCUT2D eigenvalue weighted by Crippen LogP contribution is -2.40. The normalized spacial score (nSPS) is 11.3. The van der Waals surface area contributed by atoms with Gasteiger partial charge in [0.2, 0.25) is 0 Å². The number of carbonyl (C=O) groups excluding carboxylic acids is 1. The van der Waals surface area contributed by atoms with Crippen molar-refractivity contribution in [1.82, 2.24) is 5.32 Å². The molecule has 9 nitrogen and oxygen atoms in total. The van der Waals surface area contributed by atoms with Crippen molar-refractivity contribution < 1.29 is 19.4 Å². The van der Waals surface area contributed by atoms with Crippen molar-refractivity contribution in [1.29, 1.82) is 10.8 Å². The second-order valence-corrected chi connectivity index (χ2v) is 7.62. The average Bonchev–Trinajstić information content (AvgIpc) is 2.83. The Balaban J connectivity index is 1.76. The second-order valence-electron chi connectivity index (χ2n) is 7.62. The minimum Gasteiger partial charge on any atom is -0.491 e. The third-order valence-electron chi connectivity index (χ3n) is 5.07. The van der Waals surface area contributed by atoms with Crippen LogP contribution >= 0.6 is 0 Å². The molecule has 9 heteroatoms. The van der Waals surface area contributed by atoms with E-state index in [1.165, 1.54) is 12.1 Å². The van der Waals surface area contributed by atoms with Gasteiger partial charge >= 0.3 is 5.97 Å². The van der Waals surface area contributed by atoms with Crippen LogP contribution in [0.2, 0.25) is 0 Å². The number of carbonyl (C=O) groups is 2. The van der Waals surface area contributed by atoms with Gasteiger partial charge in [-0.2, -0.15) is 0 Å². The van der Waals surface area contributed by atoms with Crippen LogP contribution in [0, 0.1) is 10.8 Å². The molecule has 0 aliphatic heterocycles. The Morgan fingerprint density at radius 1 is 0.853 bits per heavy atom. The molecule has 0 aliphatic rings. The van der Waals surface area contributed by atoms with Crippen molar-refractivity contribution in [2.75, 3.05) is 6.61 Å². The van der Waals surface area contributed by atoms with Crippen molar-refractivity contribution in [2.45, 2.75) is 12.5 Å². The first-order valence-electron chi connectivity index (χ1n) is 10.4. The van der Waals surface area contributed by atoms with E-state index in [2.05, 4.69) is 5.32 Å². The van der Waals surface area contributed by atoms with Crippen molar-refractivity contribution >= 4 is 23.5 Å². The molecule has 3 aromatic carbocycles. The highest BCUT2D eigenvalue weighted by Crippen LogP contribution is 2.15. The number of nitrogens with one attached hydrogen (secondary N) is 3. The lowest BCUT2D eigenvalue weighted by molar-refractivity contribution is 0.0696. The van der Waals surface area contributed by atoms with Gasteiger partial charge in [0.15, 0.2) is 0 Å². The molecule has 1 atom stereocenters. The van der Waals surface area contributed by atoms with E-state index in [-0.39, 0.29) is 29.7 Å². The first kappa shape index (κ1) is 24.0. The molecule has 34 heavy (non-hydrogen) atoms. The van der Waals surface area contributed by atoms with Gasteiger partial charge in [0.1, 0.15) is 24.0 Å². The Morgan fingerprint density at radius 2 is 1.44 bits per heavy atom. The van der Waals surface area contributed by atoms with E-state index in [0.717, 1.165) is 5.56 Å². The summed E-state index contributed by atoms with van der Waals surface area (Å²) in [6, 6.07) is 19.1. The zero-order chi connectivity index (χ0) is 24.7. The second kappa shape index (κ2) is 10.8. The molecule has 0 spiro atoms. The predicted octanol–water partition coefficient (Wildman–Crippen LogP) is 2.37. The predicted molar refractivity (Wildman–Crippen MR) is 129 cm³/mol. The fraction of sp³-hybridized carbons (Fsp3) is 0.120. The maximum Gasteiger partial charge on any atom is 0.335 e. The summed E-state index contributed by atoms with van der Waals surface area (Å²) in [4.78, 5) is 24.0. The molecule has 0 aromatic heterocycles. The monoisotopic (exact) mass is 459 g/mol. The van der Waals surface area contributed by atoms with Gasteiger partial charge in [-0.15, -0.1) is 0 Å². The molecule has 0 aliphatic carbocycles. The molecule has 0 saturated carbocycles. The third-order valence-corrected chi connectivity index (χ3v) is 5.07. The highest BCUT2D eigenvalue weighted by molar-refractivity contribution is 5.98. The van der Waals surface area contributed by atoms with Crippen LogP contribution in [0.15, 0.2) is 72.8 Å². The summed E-state index contributed by atoms with van der Waals surface area (Å²) in [5.41, 5.74) is 13.4. The smallest absolute Gasteiger partial charge is 0.335 e. The SMILES string of the molecule is N=C(N)c1ccc(C(=O)N[C@@H](COc2cccc(C(=N)N)c2)Cc2ccc(C(=O)O)cc2)cc1. The van der Waals surface area contributed by atoms with Gasteiger partial charge in [-0.3, -0.25) is 15.6 Å². The first-order chi connectivity index (χ1) is 16.2. The third kappa shape index (κ3) is 6.42. The van der Waals surface area contributed by atoms with Crippen LogP contribution in [0.1, 0.15) is 37.4 Å². The van der Waals surface area contributed by atoms with Crippen molar-refractivity contribution in [3.8, 4) is 5.75 Å². The highest BCUT2D eigenvalue weighted by atomic mass is 16.5. The van der Waals surface area contributed by atoms with Gasteiger partial charge < -0.3 is 26.6 Å². The number of ether oxygens (including phenoxy) is 1. The molecule has 0 saturated heterocycles.